The van der Waals surface area contributed by atoms with Crippen molar-refractivity contribution in [3.05, 3.63) is 18.3 Å². The van der Waals surface area contributed by atoms with Crippen molar-refractivity contribution in [2.45, 2.75) is 49.3 Å². The number of ether oxygens (including phenoxy) is 1. The van der Waals surface area contributed by atoms with Crippen LogP contribution in [0.15, 0.2) is 18.3 Å². The average Bonchev–Trinajstić information content (AvgIpc) is 2.66. The molecule has 5 aliphatic rings. The Morgan fingerprint density at radius 2 is 1.96 bits per heavy atom. The highest BCUT2D eigenvalue weighted by Gasteiger charge is 2.57. The zero-order chi connectivity index (χ0) is 19.4. The van der Waals surface area contributed by atoms with Crippen molar-refractivity contribution >= 4 is 33.3 Å². The number of hydrogen-bond acceptors (Lipinski definition) is 4. The second kappa shape index (κ2) is 6.98. The van der Waals surface area contributed by atoms with Gasteiger partial charge in [-0.25, -0.2) is 4.98 Å². The van der Waals surface area contributed by atoms with Crippen LogP contribution in [0.1, 0.15) is 44.9 Å². The topological polar surface area (TPSA) is 45.7 Å². The molecule has 4 bridgehead atoms. The van der Waals surface area contributed by atoms with Crippen LogP contribution in [0.3, 0.4) is 0 Å². The smallest absolute Gasteiger partial charge is 0.227 e. The second-order valence-corrected chi connectivity index (χ2v) is 11.4. The highest BCUT2D eigenvalue weighted by atomic mass is 79.9. The highest BCUT2D eigenvalue weighted by Crippen LogP contribution is 2.65. The maximum atomic E-state index is 13.2. The molecule has 2 unspecified atom stereocenters. The monoisotopic (exact) mass is 447 g/mol. The quantitative estimate of drug-likeness (QED) is 0.654. The van der Waals surface area contributed by atoms with Crippen LogP contribution in [0.2, 0.25) is 0 Å². The fourth-order valence-corrected chi connectivity index (χ4v) is 8.19. The predicted octanol–water partition coefficient (Wildman–Crippen LogP) is 4.01. The van der Waals surface area contributed by atoms with E-state index >= 15 is 0 Å². The maximum Gasteiger partial charge on any atom is 0.227 e. The summed E-state index contributed by atoms with van der Waals surface area (Å²) in [6.45, 7) is 3.25. The molecule has 5 fully saturated rings. The largest absolute Gasteiger partial charge is 0.378 e. The Hall–Kier alpha value is -1.14. The minimum absolute atomic E-state index is 0.208. The molecule has 4 aliphatic carbocycles. The minimum Gasteiger partial charge on any atom is -0.378 e. The van der Waals surface area contributed by atoms with E-state index < -0.39 is 0 Å². The molecule has 1 aliphatic heterocycles. The first-order chi connectivity index (χ1) is 13.4. The van der Waals surface area contributed by atoms with Gasteiger partial charge in [0.05, 0.1) is 25.1 Å². The zero-order valence-corrected chi connectivity index (χ0v) is 18.3. The molecule has 6 rings (SSSR count). The van der Waals surface area contributed by atoms with E-state index in [2.05, 4.69) is 25.8 Å². The maximum absolute atomic E-state index is 13.2. The van der Waals surface area contributed by atoms with E-state index in [1.165, 1.54) is 38.5 Å². The molecule has 0 aromatic carbocycles. The number of hydrogen-bond donors (Lipinski definition) is 0. The molecule has 2 atom stereocenters. The van der Waals surface area contributed by atoms with Crippen LogP contribution >= 0.6 is 15.9 Å². The van der Waals surface area contributed by atoms with E-state index in [4.69, 9.17) is 4.74 Å². The molecule has 1 aromatic rings. The number of halogens is 1. The van der Waals surface area contributed by atoms with E-state index in [-0.39, 0.29) is 11.3 Å². The highest BCUT2D eigenvalue weighted by molar-refractivity contribution is 9.10. The first kappa shape index (κ1) is 18.9. The Morgan fingerprint density at radius 3 is 2.57 bits per heavy atom. The van der Waals surface area contributed by atoms with Crippen molar-refractivity contribution in [1.82, 2.24) is 4.98 Å². The summed E-state index contributed by atoms with van der Waals surface area (Å²) in [6, 6.07) is 4.06. The van der Waals surface area contributed by atoms with Crippen molar-refractivity contribution in [2.75, 3.05) is 43.2 Å². The van der Waals surface area contributed by atoms with Gasteiger partial charge in [-0.1, -0.05) is 15.9 Å². The molecule has 1 saturated heterocycles. The lowest BCUT2D eigenvalue weighted by atomic mass is 9.48. The van der Waals surface area contributed by atoms with Crippen LogP contribution < -0.4 is 9.80 Å². The first-order valence-electron chi connectivity index (χ1n) is 10.7. The number of rotatable bonds is 4. The van der Waals surface area contributed by atoms with Crippen LogP contribution in [-0.2, 0) is 9.53 Å². The van der Waals surface area contributed by atoms with Crippen molar-refractivity contribution in [2.24, 2.45) is 17.3 Å². The van der Waals surface area contributed by atoms with Crippen LogP contribution in [-0.4, -0.2) is 48.6 Å². The van der Waals surface area contributed by atoms with Crippen LogP contribution in [0.5, 0.6) is 0 Å². The fraction of sp³-hybridized carbons (Fsp3) is 0.727. The molecular weight excluding hydrogens is 418 g/mol. The number of carbonyl (C=O) groups excluding carboxylic acids is 1. The van der Waals surface area contributed by atoms with Crippen molar-refractivity contribution in [3.8, 4) is 0 Å². The Bertz CT molecular complexity index is 733. The molecule has 1 amide bonds. The molecule has 0 radical (unpaired) electrons. The van der Waals surface area contributed by atoms with Crippen LogP contribution in [0, 0.1) is 17.3 Å². The summed E-state index contributed by atoms with van der Waals surface area (Å²) in [4.78, 5) is 21.8. The molecular formula is C22H30BrN3O2. The van der Waals surface area contributed by atoms with Gasteiger partial charge in [0, 0.05) is 30.9 Å². The molecule has 28 heavy (non-hydrogen) atoms. The lowest BCUT2D eigenvalue weighted by Gasteiger charge is -2.60. The lowest BCUT2D eigenvalue weighted by molar-refractivity contribution is -0.125. The number of alkyl halides is 1. The average molecular weight is 448 g/mol. The van der Waals surface area contributed by atoms with Crippen molar-refractivity contribution < 1.29 is 9.53 Å². The van der Waals surface area contributed by atoms with Gasteiger partial charge < -0.3 is 14.5 Å². The molecule has 1 aromatic heterocycles. The van der Waals surface area contributed by atoms with Gasteiger partial charge in [0.15, 0.2) is 0 Å². The van der Waals surface area contributed by atoms with Gasteiger partial charge in [-0.15, -0.1) is 0 Å². The minimum atomic E-state index is 0.208. The summed E-state index contributed by atoms with van der Waals surface area (Å²) in [5.41, 5.74) is 1.10. The number of aromatic nitrogens is 1. The van der Waals surface area contributed by atoms with E-state index in [1.807, 2.05) is 30.3 Å². The summed E-state index contributed by atoms with van der Waals surface area (Å²) >= 11 is 4.06. The standard InChI is InChI=1S/C22H30BrN3O2/c1-25(18-2-3-19(24-14-18)26-4-6-28-7-5-26)20(27)13-21-9-16-8-17(10-21)12-22(23,11-16)15-21/h2-3,14,16-17H,4-13,15H2,1H3. The summed E-state index contributed by atoms with van der Waals surface area (Å²) < 4.78 is 5.71. The molecule has 4 saturated carbocycles. The summed E-state index contributed by atoms with van der Waals surface area (Å²) in [5, 5.41) is 0. The third kappa shape index (κ3) is 3.47. The van der Waals surface area contributed by atoms with Gasteiger partial charge >= 0.3 is 0 Å². The molecule has 6 heteroatoms. The van der Waals surface area contributed by atoms with Gasteiger partial charge in [0.25, 0.3) is 0 Å². The molecule has 2 heterocycles. The normalized spacial score (nSPS) is 36.6. The zero-order valence-electron chi connectivity index (χ0n) is 16.7. The van der Waals surface area contributed by atoms with Crippen molar-refractivity contribution in [3.63, 3.8) is 0 Å². The number of pyridine rings is 1. The van der Waals surface area contributed by atoms with Crippen LogP contribution in [0.4, 0.5) is 11.5 Å². The van der Waals surface area contributed by atoms with E-state index in [1.54, 1.807) is 0 Å². The number of morpholine rings is 1. The third-order valence-electron chi connectivity index (χ3n) is 7.47. The Labute approximate surface area is 175 Å². The Kier molecular flexibility index (Phi) is 4.70. The third-order valence-corrected chi connectivity index (χ3v) is 8.39. The number of amides is 1. The Morgan fingerprint density at radius 1 is 1.25 bits per heavy atom. The van der Waals surface area contributed by atoms with Gasteiger partial charge in [-0.2, -0.15) is 0 Å². The first-order valence-corrected chi connectivity index (χ1v) is 11.5. The van der Waals surface area contributed by atoms with Crippen LogP contribution in [0.25, 0.3) is 0 Å². The predicted molar refractivity (Wildman–Crippen MR) is 114 cm³/mol. The fourth-order valence-electron chi connectivity index (χ4n) is 6.68. The van der Waals surface area contributed by atoms with Gasteiger partial charge in [0.2, 0.25) is 5.91 Å². The molecule has 0 spiro atoms. The summed E-state index contributed by atoms with van der Waals surface area (Å²) in [7, 11) is 1.90. The summed E-state index contributed by atoms with van der Waals surface area (Å²) in [5.74, 6) is 2.83. The summed E-state index contributed by atoms with van der Waals surface area (Å²) in [6.07, 6.45) is 10.2. The second-order valence-electron chi connectivity index (χ2n) is 9.72. The van der Waals surface area contributed by atoms with E-state index in [0.717, 1.165) is 49.6 Å². The van der Waals surface area contributed by atoms with Gasteiger partial charge in [-0.3, -0.25) is 4.79 Å². The van der Waals surface area contributed by atoms with E-state index in [9.17, 15) is 4.79 Å². The number of nitrogens with zero attached hydrogens (tertiary/aromatic N) is 3. The van der Waals surface area contributed by atoms with Gasteiger partial charge in [-0.05, 0) is 67.9 Å². The molecule has 0 N–H and O–H groups in total. The molecule has 152 valence electrons. The van der Waals surface area contributed by atoms with Gasteiger partial charge in [0.1, 0.15) is 5.82 Å². The number of anilines is 2. The lowest BCUT2D eigenvalue weighted by Crippen LogP contribution is -2.54. The van der Waals surface area contributed by atoms with Crippen molar-refractivity contribution in [1.29, 1.82) is 0 Å². The Balaban J connectivity index is 1.27. The number of carbonyl (C=O) groups is 1. The SMILES string of the molecule is CN(C(=O)CC12CC3CC(CC(Br)(C3)C1)C2)c1ccc(N2CCOCC2)nc1. The van der Waals surface area contributed by atoms with E-state index in [0.29, 0.717) is 10.7 Å². The molecule has 5 nitrogen and oxygen atoms in total.